The highest BCUT2D eigenvalue weighted by atomic mass is 19.1. The number of aromatic amines is 1. The fraction of sp³-hybridized carbons (Fsp3) is 0.308. The summed E-state index contributed by atoms with van der Waals surface area (Å²) in [6.45, 7) is 1.76. The Morgan fingerprint density at radius 3 is 3.00 bits per heavy atom. The molecule has 1 saturated heterocycles. The molecule has 2 aromatic rings. The van der Waals surface area contributed by atoms with Crippen molar-refractivity contribution in [3.05, 3.63) is 46.0 Å². The van der Waals surface area contributed by atoms with Crippen molar-refractivity contribution in [3.8, 4) is 0 Å². The Labute approximate surface area is 97.7 Å². The average Bonchev–Trinajstić information content (AvgIpc) is 2.83. The number of H-pyrrole nitrogens is 1. The lowest BCUT2D eigenvalue weighted by Gasteiger charge is -2.09. The maximum absolute atomic E-state index is 13.5. The molecular formula is C13H13FN2O. The number of halogens is 1. The van der Waals surface area contributed by atoms with Gasteiger partial charge in [0.25, 0.3) is 5.56 Å². The van der Waals surface area contributed by atoms with Crippen LogP contribution >= 0.6 is 0 Å². The number of aromatic nitrogens is 1. The van der Waals surface area contributed by atoms with E-state index in [2.05, 4.69) is 10.3 Å². The molecule has 0 radical (unpaired) electrons. The van der Waals surface area contributed by atoms with E-state index in [4.69, 9.17) is 0 Å². The molecule has 1 atom stereocenters. The Bertz CT molecular complexity index is 614. The Morgan fingerprint density at radius 1 is 1.35 bits per heavy atom. The van der Waals surface area contributed by atoms with E-state index in [1.807, 2.05) is 12.1 Å². The third-order valence-corrected chi connectivity index (χ3v) is 3.36. The van der Waals surface area contributed by atoms with Crippen LogP contribution in [-0.2, 0) is 0 Å². The van der Waals surface area contributed by atoms with Crippen LogP contribution in [0, 0.1) is 5.82 Å². The predicted molar refractivity (Wildman–Crippen MR) is 64.8 cm³/mol. The minimum absolute atomic E-state index is 0.170. The summed E-state index contributed by atoms with van der Waals surface area (Å²) in [7, 11) is 0. The second-order valence-electron chi connectivity index (χ2n) is 4.45. The lowest BCUT2D eigenvalue weighted by Crippen LogP contribution is -2.18. The molecule has 1 aliphatic heterocycles. The molecule has 1 aromatic heterocycles. The number of rotatable bonds is 1. The quantitative estimate of drug-likeness (QED) is 0.786. The molecule has 0 spiro atoms. The number of hydrogen-bond acceptors (Lipinski definition) is 2. The molecule has 17 heavy (non-hydrogen) atoms. The van der Waals surface area contributed by atoms with E-state index in [0.717, 1.165) is 30.5 Å². The number of para-hydroxylation sites is 1. The fourth-order valence-electron chi connectivity index (χ4n) is 2.44. The zero-order valence-electron chi connectivity index (χ0n) is 9.29. The maximum atomic E-state index is 13.5. The Hall–Kier alpha value is -1.68. The van der Waals surface area contributed by atoms with Crippen molar-refractivity contribution in [1.82, 2.24) is 10.3 Å². The Balaban J connectivity index is 2.20. The molecule has 3 rings (SSSR count). The van der Waals surface area contributed by atoms with Crippen molar-refractivity contribution in [2.24, 2.45) is 0 Å². The number of pyridine rings is 1. The first-order valence-corrected chi connectivity index (χ1v) is 5.78. The van der Waals surface area contributed by atoms with Crippen molar-refractivity contribution in [2.45, 2.75) is 12.3 Å². The molecule has 1 unspecified atom stereocenters. The lowest BCUT2D eigenvalue weighted by molar-refractivity contribution is 0.636. The van der Waals surface area contributed by atoms with E-state index in [1.54, 1.807) is 6.07 Å². The number of nitrogens with one attached hydrogen (secondary N) is 2. The van der Waals surface area contributed by atoms with Crippen molar-refractivity contribution in [2.75, 3.05) is 13.1 Å². The normalized spacial score (nSPS) is 19.9. The third kappa shape index (κ3) is 1.74. The highest BCUT2D eigenvalue weighted by Gasteiger charge is 2.20. The van der Waals surface area contributed by atoms with E-state index < -0.39 is 0 Å². The van der Waals surface area contributed by atoms with E-state index in [9.17, 15) is 9.18 Å². The van der Waals surface area contributed by atoms with Gasteiger partial charge in [-0.05, 0) is 25.1 Å². The molecular weight excluding hydrogens is 219 g/mol. The summed E-state index contributed by atoms with van der Waals surface area (Å²) in [6.07, 6.45) is 0.962. The summed E-state index contributed by atoms with van der Waals surface area (Å²) in [5.41, 5.74) is 0.886. The minimum atomic E-state index is -0.379. The smallest absolute Gasteiger partial charge is 0.252 e. The molecule has 88 valence electrons. The summed E-state index contributed by atoms with van der Waals surface area (Å²) >= 11 is 0. The average molecular weight is 232 g/mol. The summed E-state index contributed by atoms with van der Waals surface area (Å²) in [4.78, 5) is 14.6. The van der Waals surface area contributed by atoms with E-state index >= 15 is 0 Å². The van der Waals surface area contributed by atoms with Crippen molar-refractivity contribution < 1.29 is 4.39 Å². The monoisotopic (exact) mass is 232 g/mol. The molecule has 1 fully saturated rings. The van der Waals surface area contributed by atoms with Gasteiger partial charge < -0.3 is 10.3 Å². The van der Waals surface area contributed by atoms with Crippen molar-refractivity contribution in [1.29, 1.82) is 0 Å². The largest absolute Gasteiger partial charge is 0.319 e. The van der Waals surface area contributed by atoms with Crippen molar-refractivity contribution in [3.63, 3.8) is 0 Å². The molecule has 0 amide bonds. The summed E-state index contributed by atoms with van der Waals surface area (Å²) in [6, 6.07) is 6.65. The molecule has 2 heterocycles. The summed E-state index contributed by atoms with van der Waals surface area (Å²) < 4.78 is 13.5. The van der Waals surface area contributed by atoms with E-state index in [0.29, 0.717) is 5.52 Å². The van der Waals surface area contributed by atoms with Gasteiger partial charge in [-0.15, -0.1) is 0 Å². The summed E-state index contributed by atoms with van der Waals surface area (Å²) in [5, 5.41) is 3.99. The second kappa shape index (κ2) is 3.96. The van der Waals surface area contributed by atoms with Crippen LogP contribution in [0.1, 0.15) is 17.9 Å². The van der Waals surface area contributed by atoms with Crippen LogP contribution in [0.2, 0.25) is 0 Å². The molecule has 0 saturated carbocycles. The Morgan fingerprint density at radius 2 is 2.24 bits per heavy atom. The molecule has 4 heteroatoms. The zero-order valence-corrected chi connectivity index (χ0v) is 9.29. The standard InChI is InChI=1S/C13H13FN2O/c14-11-3-1-2-8-6-10(9-4-5-15-7-9)13(17)16-12(8)11/h1-3,6,9,15H,4-5,7H2,(H,16,17). The van der Waals surface area contributed by atoms with E-state index in [-0.39, 0.29) is 17.3 Å². The van der Waals surface area contributed by atoms with E-state index in [1.165, 1.54) is 6.07 Å². The number of benzene rings is 1. The molecule has 1 aromatic carbocycles. The van der Waals surface area contributed by atoms with Crippen LogP contribution in [0.3, 0.4) is 0 Å². The van der Waals surface area contributed by atoms with Gasteiger partial charge in [0.1, 0.15) is 5.82 Å². The highest BCUT2D eigenvalue weighted by Crippen LogP contribution is 2.22. The van der Waals surface area contributed by atoms with Gasteiger partial charge in [-0.1, -0.05) is 12.1 Å². The number of hydrogen-bond donors (Lipinski definition) is 2. The SMILES string of the molecule is O=c1[nH]c2c(F)cccc2cc1C1CCNC1. The topological polar surface area (TPSA) is 44.9 Å². The Kier molecular flexibility index (Phi) is 2.44. The molecule has 2 N–H and O–H groups in total. The molecule has 1 aliphatic rings. The van der Waals surface area contributed by atoms with Gasteiger partial charge in [-0.2, -0.15) is 0 Å². The first-order valence-electron chi connectivity index (χ1n) is 5.78. The van der Waals surface area contributed by atoms with Crippen LogP contribution in [0.4, 0.5) is 4.39 Å². The van der Waals surface area contributed by atoms with Gasteiger partial charge in [-0.3, -0.25) is 4.79 Å². The van der Waals surface area contributed by atoms with Crippen LogP contribution in [0.15, 0.2) is 29.1 Å². The lowest BCUT2D eigenvalue weighted by atomic mass is 9.98. The number of fused-ring (bicyclic) bond motifs is 1. The van der Waals surface area contributed by atoms with Crippen molar-refractivity contribution >= 4 is 10.9 Å². The molecule has 0 bridgehead atoms. The first-order chi connectivity index (χ1) is 8.25. The molecule has 0 aliphatic carbocycles. The second-order valence-corrected chi connectivity index (χ2v) is 4.45. The van der Waals surface area contributed by atoms with Gasteiger partial charge in [0.05, 0.1) is 5.52 Å². The minimum Gasteiger partial charge on any atom is -0.319 e. The van der Waals surface area contributed by atoms with Gasteiger partial charge in [0, 0.05) is 23.4 Å². The van der Waals surface area contributed by atoms with Crippen LogP contribution < -0.4 is 10.9 Å². The zero-order chi connectivity index (χ0) is 11.8. The predicted octanol–water partition coefficient (Wildman–Crippen LogP) is 1.74. The first kappa shape index (κ1) is 10.5. The van der Waals surface area contributed by atoms with Gasteiger partial charge in [0.2, 0.25) is 0 Å². The third-order valence-electron chi connectivity index (χ3n) is 3.36. The van der Waals surface area contributed by atoms with Gasteiger partial charge in [0.15, 0.2) is 0 Å². The van der Waals surface area contributed by atoms with Crippen LogP contribution in [-0.4, -0.2) is 18.1 Å². The van der Waals surface area contributed by atoms with Crippen LogP contribution in [0.5, 0.6) is 0 Å². The molecule has 3 nitrogen and oxygen atoms in total. The highest BCUT2D eigenvalue weighted by molar-refractivity contribution is 5.79. The van der Waals surface area contributed by atoms with Crippen LogP contribution in [0.25, 0.3) is 10.9 Å². The fourth-order valence-corrected chi connectivity index (χ4v) is 2.44. The van der Waals surface area contributed by atoms with Gasteiger partial charge >= 0.3 is 0 Å². The summed E-state index contributed by atoms with van der Waals surface area (Å²) in [5.74, 6) is -0.137. The van der Waals surface area contributed by atoms with Gasteiger partial charge in [-0.25, -0.2) is 4.39 Å². The maximum Gasteiger partial charge on any atom is 0.252 e.